The molecule has 1 amide bonds. The molecule has 0 spiro atoms. The molecule has 5 rings (SSSR count). The highest BCUT2D eigenvalue weighted by Gasteiger charge is 2.53. The molecule has 4 aliphatic rings. The van der Waals surface area contributed by atoms with Crippen LogP contribution in [0.4, 0.5) is 0 Å². The molecule has 0 heterocycles. The first-order valence-electron chi connectivity index (χ1n) is 10.4. The molecule has 136 valence electrons. The molecule has 25 heavy (non-hydrogen) atoms. The van der Waals surface area contributed by atoms with E-state index in [1.807, 2.05) is 18.2 Å². The van der Waals surface area contributed by atoms with Crippen LogP contribution >= 0.6 is 0 Å². The van der Waals surface area contributed by atoms with Gasteiger partial charge in [0.1, 0.15) is 0 Å². The summed E-state index contributed by atoms with van der Waals surface area (Å²) in [6, 6.07) is 10.7. The largest absolute Gasteiger partial charge is 0.353 e. The van der Waals surface area contributed by atoms with Gasteiger partial charge in [0.25, 0.3) is 0 Å². The van der Waals surface area contributed by atoms with Crippen molar-refractivity contribution in [1.29, 1.82) is 0 Å². The lowest BCUT2D eigenvalue weighted by Crippen LogP contribution is -2.56. The molecule has 0 unspecified atom stereocenters. The van der Waals surface area contributed by atoms with Crippen molar-refractivity contribution in [1.82, 2.24) is 5.32 Å². The Kier molecular flexibility index (Phi) is 4.64. The lowest BCUT2D eigenvalue weighted by Gasteiger charge is -2.59. The molecule has 2 heteroatoms. The minimum absolute atomic E-state index is 0.00237. The SMILES string of the molecule is CCC[C@H](C(=O)N[C@H](C)C12CC3CC(CC(C3)C1)C2)c1ccccc1. The molecule has 4 aliphatic carbocycles. The maximum absolute atomic E-state index is 13.1. The number of nitrogens with one attached hydrogen (secondary N) is 1. The number of hydrogen-bond donors (Lipinski definition) is 1. The number of benzene rings is 1. The van der Waals surface area contributed by atoms with Crippen LogP contribution in [0.15, 0.2) is 30.3 Å². The molecular weight excluding hydrogens is 306 g/mol. The van der Waals surface area contributed by atoms with Crippen molar-refractivity contribution >= 4 is 5.91 Å². The molecule has 1 N–H and O–H groups in total. The van der Waals surface area contributed by atoms with Crippen molar-refractivity contribution in [3.8, 4) is 0 Å². The second-order valence-corrected chi connectivity index (χ2v) is 9.26. The Bertz CT molecular complexity index is 572. The quantitative estimate of drug-likeness (QED) is 0.749. The number of rotatable bonds is 6. The first-order valence-corrected chi connectivity index (χ1v) is 10.4. The third kappa shape index (κ3) is 3.25. The zero-order valence-electron chi connectivity index (χ0n) is 15.8. The van der Waals surface area contributed by atoms with Gasteiger partial charge in [0.15, 0.2) is 0 Å². The summed E-state index contributed by atoms with van der Waals surface area (Å²) in [6.07, 6.45) is 10.4. The van der Waals surface area contributed by atoms with Gasteiger partial charge in [0, 0.05) is 6.04 Å². The van der Waals surface area contributed by atoms with Crippen LogP contribution in [0.3, 0.4) is 0 Å². The summed E-state index contributed by atoms with van der Waals surface area (Å²) in [7, 11) is 0. The highest BCUT2D eigenvalue weighted by atomic mass is 16.1. The third-order valence-corrected chi connectivity index (χ3v) is 7.46. The van der Waals surface area contributed by atoms with Crippen molar-refractivity contribution < 1.29 is 4.79 Å². The van der Waals surface area contributed by atoms with Gasteiger partial charge in [-0.1, -0.05) is 43.7 Å². The zero-order chi connectivity index (χ0) is 17.4. The van der Waals surface area contributed by atoms with E-state index in [0.717, 1.165) is 30.6 Å². The van der Waals surface area contributed by atoms with Crippen molar-refractivity contribution in [2.75, 3.05) is 0 Å². The summed E-state index contributed by atoms with van der Waals surface area (Å²) in [5.41, 5.74) is 1.55. The van der Waals surface area contributed by atoms with Crippen LogP contribution in [0.25, 0.3) is 0 Å². The maximum atomic E-state index is 13.1. The Morgan fingerprint density at radius 1 is 1.08 bits per heavy atom. The van der Waals surface area contributed by atoms with Crippen LogP contribution in [-0.4, -0.2) is 11.9 Å². The van der Waals surface area contributed by atoms with Crippen molar-refractivity contribution in [2.45, 2.75) is 77.2 Å². The van der Waals surface area contributed by atoms with Crippen molar-refractivity contribution in [3.63, 3.8) is 0 Å². The van der Waals surface area contributed by atoms with Crippen LogP contribution in [0.1, 0.15) is 76.7 Å². The third-order valence-electron chi connectivity index (χ3n) is 7.46. The van der Waals surface area contributed by atoms with Crippen LogP contribution in [-0.2, 0) is 4.79 Å². The van der Waals surface area contributed by atoms with E-state index in [9.17, 15) is 4.79 Å². The molecule has 4 fully saturated rings. The van der Waals surface area contributed by atoms with Gasteiger partial charge in [-0.3, -0.25) is 4.79 Å². The fourth-order valence-electron chi connectivity index (χ4n) is 6.60. The summed E-state index contributed by atoms with van der Waals surface area (Å²) >= 11 is 0. The summed E-state index contributed by atoms with van der Waals surface area (Å²) in [5, 5.41) is 3.48. The van der Waals surface area contributed by atoms with Crippen LogP contribution in [0.5, 0.6) is 0 Å². The van der Waals surface area contributed by atoms with Crippen LogP contribution in [0.2, 0.25) is 0 Å². The van der Waals surface area contributed by atoms with Gasteiger partial charge in [-0.25, -0.2) is 0 Å². The van der Waals surface area contributed by atoms with Gasteiger partial charge in [0.2, 0.25) is 5.91 Å². The average Bonchev–Trinajstić information content (AvgIpc) is 2.59. The normalized spacial score (nSPS) is 35.4. The van der Waals surface area contributed by atoms with E-state index >= 15 is 0 Å². The monoisotopic (exact) mass is 339 g/mol. The molecule has 4 bridgehead atoms. The second-order valence-electron chi connectivity index (χ2n) is 9.26. The summed E-state index contributed by atoms with van der Waals surface area (Å²) in [5.74, 6) is 3.06. The summed E-state index contributed by atoms with van der Waals surface area (Å²) in [6.45, 7) is 4.46. The van der Waals surface area contributed by atoms with Gasteiger partial charge < -0.3 is 5.32 Å². The highest BCUT2D eigenvalue weighted by molar-refractivity contribution is 5.83. The van der Waals surface area contributed by atoms with Gasteiger partial charge in [-0.05, 0) is 80.6 Å². The Morgan fingerprint density at radius 2 is 1.64 bits per heavy atom. The first-order chi connectivity index (χ1) is 12.1. The lowest BCUT2D eigenvalue weighted by molar-refractivity contribution is -0.127. The van der Waals surface area contributed by atoms with E-state index < -0.39 is 0 Å². The van der Waals surface area contributed by atoms with Gasteiger partial charge >= 0.3 is 0 Å². The highest BCUT2D eigenvalue weighted by Crippen LogP contribution is 2.61. The standard InChI is InChI=1S/C23H33NO/c1-3-7-21(20-8-5-4-6-9-20)22(25)24-16(2)23-13-17-10-18(14-23)12-19(11-17)15-23/h4-6,8-9,16-19,21H,3,7,10-15H2,1-2H3,(H,24,25)/t16-,17?,18?,19?,21+,23?/m1/s1. The van der Waals surface area contributed by atoms with E-state index in [2.05, 4.69) is 31.3 Å². The minimum Gasteiger partial charge on any atom is -0.353 e. The zero-order valence-corrected chi connectivity index (χ0v) is 15.8. The Hall–Kier alpha value is -1.31. The van der Waals surface area contributed by atoms with Crippen molar-refractivity contribution in [2.24, 2.45) is 23.2 Å². The Labute approximate surface area is 152 Å². The summed E-state index contributed by atoms with van der Waals surface area (Å²) in [4.78, 5) is 13.1. The maximum Gasteiger partial charge on any atom is 0.227 e. The Morgan fingerprint density at radius 3 is 2.16 bits per heavy atom. The molecule has 2 atom stereocenters. The molecule has 0 radical (unpaired) electrons. The lowest BCUT2D eigenvalue weighted by atomic mass is 9.48. The fourth-order valence-corrected chi connectivity index (χ4v) is 6.60. The molecule has 2 nitrogen and oxygen atoms in total. The van der Waals surface area contributed by atoms with Crippen LogP contribution < -0.4 is 5.32 Å². The molecule has 1 aromatic carbocycles. The van der Waals surface area contributed by atoms with E-state index in [1.54, 1.807) is 0 Å². The molecule has 0 aliphatic heterocycles. The number of amides is 1. The Balaban J connectivity index is 1.48. The molecule has 0 saturated heterocycles. The molecule has 0 aromatic heterocycles. The predicted octanol–water partition coefficient (Wildman–Crippen LogP) is 5.29. The van der Waals surface area contributed by atoms with E-state index in [0.29, 0.717) is 11.5 Å². The number of carbonyl (C=O) groups excluding carboxylic acids is 1. The average molecular weight is 340 g/mol. The van der Waals surface area contributed by atoms with E-state index in [1.165, 1.54) is 44.1 Å². The molecular formula is C23H33NO. The predicted molar refractivity (Wildman–Crippen MR) is 102 cm³/mol. The van der Waals surface area contributed by atoms with Gasteiger partial charge in [-0.15, -0.1) is 0 Å². The van der Waals surface area contributed by atoms with Gasteiger partial charge in [0.05, 0.1) is 5.92 Å². The van der Waals surface area contributed by atoms with Crippen molar-refractivity contribution in [3.05, 3.63) is 35.9 Å². The van der Waals surface area contributed by atoms with E-state index in [-0.39, 0.29) is 11.8 Å². The topological polar surface area (TPSA) is 29.1 Å². The fraction of sp³-hybridized carbons (Fsp3) is 0.696. The number of carbonyl (C=O) groups is 1. The minimum atomic E-state index is 0.00237. The molecule has 1 aromatic rings. The molecule has 4 saturated carbocycles. The smallest absolute Gasteiger partial charge is 0.227 e. The first kappa shape index (κ1) is 17.1. The number of hydrogen-bond acceptors (Lipinski definition) is 1. The van der Waals surface area contributed by atoms with E-state index in [4.69, 9.17) is 0 Å². The second kappa shape index (κ2) is 6.78. The summed E-state index contributed by atoms with van der Waals surface area (Å²) < 4.78 is 0. The van der Waals surface area contributed by atoms with Gasteiger partial charge in [-0.2, -0.15) is 0 Å². The van der Waals surface area contributed by atoms with Crippen LogP contribution in [0, 0.1) is 23.2 Å².